The molecular formula is C17H15F3N2O3S. The Kier molecular flexibility index (Phi) is 6.14. The molecule has 138 valence electrons. The van der Waals surface area contributed by atoms with Crippen LogP contribution >= 0.6 is 11.8 Å². The minimum absolute atomic E-state index is 0.0236. The summed E-state index contributed by atoms with van der Waals surface area (Å²) in [5.41, 5.74) is -3.78. The van der Waals surface area contributed by atoms with Gasteiger partial charge in [-0.3, -0.25) is 9.59 Å². The summed E-state index contributed by atoms with van der Waals surface area (Å²) in [5, 5.41) is 5.04. The number of methoxy groups -OCH3 is 1. The number of hydrogen-bond donors (Lipinski definition) is 2. The number of hydrogen-bond acceptors (Lipinski definition) is 4. The van der Waals surface area contributed by atoms with Gasteiger partial charge in [0.05, 0.1) is 18.4 Å². The summed E-state index contributed by atoms with van der Waals surface area (Å²) in [6.07, 6.45) is 0. The van der Waals surface area contributed by atoms with Crippen molar-refractivity contribution >= 4 is 29.3 Å². The Hall–Kier alpha value is -2.68. The highest BCUT2D eigenvalue weighted by atomic mass is 32.2. The maximum Gasteiger partial charge on any atom is 0.446 e. The zero-order valence-electron chi connectivity index (χ0n) is 13.8. The second kappa shape index (κ2) is 8.13. The summed E-state index contributed by atoms with van der Waals surface area (Å²) < 4.78 is 42.1. The number of rotatable bonds is 5. The summed E-state index contributed by atoms with van der Waals surface area (Å²) in [6.45, 7) is 0. The highest BCUT2D eigenvalue weighted by Gasteiger charge is 2.29. The van der Waals surface area contributed by atoms with Crippen LogP contribution in [0.4, 0.5) is 18.9 Å². The lowest BCUT2D eigenvalue weighted by Crippen LogP contribution is -2.21. The first-order chi connectivity index (χ1) is 12.2. The molecule has 2 aromatic rings. The van der Waals surface area contributed by atoms with Crippen LogP contribution in [0.25, 0.3) is 0 Å². The largest absolute Gasteiger partial charge is 0.497 e. The van der Waals surface area contributed by atoms with E-state index in [1.807, 2.05) is 0 Å². The molecule has 0 aliphatic heterocycles. The predicted octanol–water partition coefficient (Wildman–Crippen LogP) is 3.92. The third kappa shape index (κ3) is 5.16. The number of ether oxygens (including phenoxy) is 1. The fraction of sp³-hybridized carbons (Fsp3) is 0.176. The number of amides is 2. The van der Waals surface area contributed by atoms with Crippen molar-refractivity contribution in [2.45, 2.75) is 10.4 Å². The van der Waals surface area contributed by atoms with Crippen LogP contribution in [-0.2, 0) is 0 Å². The summed E-state index contributed by atoms with van der Waals surface area (Å²) in [7, 11) is 2.90. The second-order valence-electron chi connectivity index (χ2n) is 5.02. The normalized spacial score (nSPS) is 11.0. The van der Waals surface area contributed by atoms with Crippen molar-refractivity contribution in [1.82, 2.24) is 5.32 Å². The van der Waals surface area contributed by atoms with E-state index < -0.39 is 17.3 Å². The Morgan fingerprint density at radius 1 is 1.04 bits per heavy atom. The average molecular weight is 384 g/mol. The molecule has 2 aromatic carbocycles. The molecule has 0 saturated carbocycles. The number of carbonyl (C=O) groups is 2. The lowest BCUT2D eigenvalue weighted by Gasteiger charge is -2.12. The van der Waals surface area contributed by atoms with Crippen LogP contribution in [0.3, 0.4) is 0 Å². The third-order valence-corrected chi connectivity index (χ3v) is 4.04. The number of anilines is 1. The lowest BCUT2D eigenvalue weighted by molar-refractivity contribution is -0.0328. The summed E-state index contributed by atoms with van der Waals surface area (Å²) in [6, 6.07) is 9.54. The van der Waals surface area contributed by atoms with E-state index in [2.05, 4.69) is 10.6 Å². The van der Waals surface area contributed by atoms with Crippen LogP contribution in [0.15, 0.2) is 47.4 Å². The van der Waals surface area contributed by atoms with Gasteiger partial charge >= 0.3 is 5.51 Å². The van der Waals surface area contributed by atoms with Crippen molar-refractivity contribution in [3.63, 3.8) is 0 Å². The van der Waals surface area contributed by atoms with E-state index in [9.17, 15) is 22.8 Å². The molecule has 0 heterocycles. The fourth-order valence-corrected chi connectivity index (χ4v) is 2.62. The Labute approximate surface area is 151 Å². The molecule has 2 N–H and O–H groups in total. The van der Waals surface area contributed by atoms with Gasteiger partial charge in [0.15, 0.2) is 0 Å². The number of halogens is 3. The fourth-order valence-electron chi connectivity index (χ4n) is 2.08. The maximum absolute atomic E-state index is 12.3. The zero-order chi connectivity index (χ0) is 19.3. The predicted molar refractivity (Wildman–Crippen MR) is 92.7 cm³/mol. The second-order valence-corrected chi connectivity index (χ2v) is 6.16. The van der Waals surface area contributed by atoms with Crippen molar-refractivity contribution in [3.8, 4) is 5.75 Å². The molecule has 0 saturated heterocycles. The van der Waals surface area contributed by atoms with Crippen LogP contribution in [0.1, 0.15) is 20.7 Å². The molecular weight excluding hydrogens is 369 g/mol. The van der Waals surface area contributed by atoms with Crippen LogP contribution in [0.5, 0.6) is 5.75 Å². The van der Waals surface area contributed by atoms with Crippen LogP contribution in [-0.4, -0.2) is 31.5 Å². The summed E-state index contributed by atoms with van der Waals surface area (Å²) >= 11 is -0.260. The SMILES string of the molecule is CNC(=O)c1cc(OC)ccc1NC(=O)c1ccc(SC(F)(F)F)cc1. The van der Waals surface area contributed by atoms with Gasteiger partial charge in [0.25, 0.3) is 11.8 Å². The van der Waals surface area contributed by atoms with E-state index in [0.29, 0.717) is 5.75 Å². The number of thioether (sulfide) groups is 1. The standard InChI is InChI=1S/C17H15F3N2O3S/c1-21-16(24)13-9-11(25-2)5-8-14(13)22-15(23)10-3-6-12(7-4-10)26-17(18,19)20/h3-9H,1-2H3,(H,21,24)(H,22,23). The Morgan fingerprint density at radius 2 is 1.69 bits per heavy atom. The van der Waals surface area contributed by atoms with Gasteiger partial charge in [-0.25, -0.2) is 0 Å². The van der Waals surface area contributed by atoms with Crippen molar-refractivity contribution in [3.05, 3.63) is 53.6 Å². The highest BCUT2D eigenvalue weighted by Crippen LogP contribution is 2.36. The van der Waals surface area contributed by atoms with Gasteiger partial charge in [-0.05, 0) is 54.2 Å². The Morgan fingerprint density at radius 3 is 2.23 bits per heavy atom. The Bertz CT molecular complexity index is 808. The first-order valence-corrected chi connectivity index (χ1v) is 8.12. The first-order valence-electron chi connectivity index (χ1n) is 7.31. The molecule has 0 aromatic heterocycles. The molecule has 2 amide bonds. The quantitative estimate of drug-likeness (QED) is 0.767. The topological polar surface area (TPSA) is 67.4 Å². The molecule has 0 unspecified atom stereocenters. The minimum atomic E-state index is -4.39. The van der Waals surface area contributed by atoms with E-state index in [4.69, 9.17) is 4.74 Å². The molecule has 5 nitrogen and oxygen atoms in total. The lowest BCUT2D eigenvalue weighted by atomic mass is 10.1. The van der Waals surface area contributed by atoms with Gasteiger partial charge in [0.1, 0.15) is 5.75 Å². The average Bonchev–Trinajstić information content (AvgIpc) is 2.60. The van der Waals surface area contributed by atoms with Crippen LogP contribution in [0.2, 0.25) is 0 Å². The smallest absolute Gasteiger partial charge is 0.446 e. The van der Waals surface area contributed by atoms with Gasteiger partial charge in [0.2, 0.25) is 0 Å². The molecule has 0 aliphatic rings. The molecule has 0 radical (unpaired) electrons. The van der Waals surface area contributed by atoms with Crippen LogP contribution < -0.4 is 15.4 Å². The molecule has 0 spiro atoms. The zero-order valence-corrected chi connectivity index (χ0v) is 14.6. The molecule has 9 heteroatoms. The van der Waals surface area contributed by atoms with E-state index in [0.717, 1.165) is 0 Å². The van der Waals surface area contributed by atoms with E-state index >= 15 is 0 Å². The van der Waals surface area contributed by atoms with Gasteiger partial charge in [-0.2, -0.15) is 13.2 Å². The molecule has 2 rings (SSSR count). The van der Waals surface area contributed by atoms with Crippen molar-refractivity contribution in [2.24, 2.45) is 0 Å². The van der Waals surface area contributed by atoms with Gasteiger partial charge < -0.3 is 15.4 Å². The molecule has 0 aliphatic carbocycles. The van der Waals surface area contributed by atoms with Crippen LogP contribution in [0, 0.1) is 0 Å². The van der Waals surface area contributed by atoms with E-state index in [-0.39, 0.29) is 33.5 Å². The molecule has 0 bridgehead atoms. The third-order valence-electron chi connectivity index (χ3n) is 3.30. The van der Waals surface area contributed by atoms with Crippen molar-refractivity contribution in [1.29, 1.82) is 0 Å². The highest BCUT2D eigenvalue weighted by molar-refractivity contribution is 8.00. The molecule has 0 fully saturated rings. The van der Waals surface area contributed by atoms with Gasteiger partial charge in [-0.15, -0.1) is 0 Å². The number of carbonyl (C=O) groups excluding carboxylic acids is 2. The number of alkyl halides is 3. The molecule has 26 heavy (non-hydrogen) atoms. The van der Waals surface area contributed by atoms with Gasteiger partial charge in [0, 0.05) is 17.5 Å². The van der Waals surface area contributed by atoms with Crippen molar-refractivity contribution < 1.29 is 27.5 Å². The van der Waals surface area contributed by atoms with E-state index in [1.54, 1.807) is 6.07 Å². The van der Waals surface area contributed by atoms with Gasteiger partial charge in [-0.1, -0.05) is 0 Å². The minimum Gasteiger partial charge on any atom is -0.497 e. The van der Waals surface area contributed by atoms with Crippen molar-refractivity contribution in [2.75, 3.05) is 19.5 Å². The van der Waals surface area contributed by atoms with E-state index in [1.165, 1.54) is 50.6 Å². The molecule has 0 atom stereocenters. The summed E-state index contributed by atoms with van der Waals surface area (Å²) in [5.74, 6) is -0.532. The summed E-state index contributed by atoms with van der Waals surface area (Å²) in [4.78, 5) is 24.3. The maximum atomic E-state index is 12.3. The Balaban J connectivity index is 2.20. The number of nitrogens with one attached hydrogen (secondary N) is 2. The number of benzene rings is 2. The monoisotopic (exact) mass is 384 g/mol. The first kappa shape index (κ1) is 19.6.